The van der Waals surface area contributed by atoms with Crippen molar-refractivity contribution >= 4 is 22.8 Å². The van der Waals surface area contributed by atoms with Crippen LogP contribution in [0.15, 0.2) is 48.9 Å². The van der Waals surface area contributed by atoms with Gasteiger partial charge in [0.1, 0.15) is 23.4 Å². The molecule has 1 atom stereocenters. The molecule has 4 aromatic rings. The molecule has 1 aliphatic heterocycles. The van der Waals surface area contributed by atoms with Gasteiger partial charge in [-0.25, -0.2) is 15.0 Å². The van der Waals surface area contributed by atoms with Gasteiger partial charge in [-0.1, -0.05) is 6.07 Å². The van der Waals surface area contributed by atoms with Gasteiger partial charge in [-0.3, -0.25) is 14.7 Å². The van der Waals surface area contributed by atoms with Gasteiger partial charge in [0.2, 0.25) is 5.91 Å². The molecule has 42 heavy (non-hydrogen) atoms. The zero-order chi connectivity index (χ0) is 29.6. The minimum absolute atomic E-state index is 0.0275. The number of carbonyl (C=O) groups excluding carboxylic acids is 1. The van der Waals surface area contributed by atoms with Crippen molar-refractivity contribution in [2.45, 2.75) is 38.4 Å². The molecule has 1 saturated heterocycles. The van der Waals surface area contributed by atoms with E-state index in [2.05, 4.69) is 31.8 Å². The van der Waals surface area contributed by atoms with Crippen molar-refractivity contribution in [1.82, 2.24) is 34.7 Å². The summed E-state index contributed by atoms with van der Waals surface area (Å²) >= 11 is 0. The second-order valence-electron chi connectivity index (χ2n) is 11.4. The first kappa shape index (κ1) is 28.1. The number of nitrogens with one attached hydrogen (secondary N) is 1. The molecule has 1 aromatic carbocycles. The van der Waals surface area contributed by atoms with E-state index in [1.54, 1.807) is 12.5 Å². The lowest BCUT2D eigenvalue weighted by Crippen LogP contribution is -2.53. The number of fused-ring (bicyclic) bond motifs is 1. The largest absolute Gasteiger partial charge is 0.403 e. The van der Waals surface area contributed by atoms with E-state index in [9.17, 15) is 18.0 Å². The number of benzene rings is 1. The molecule has 1 unspecified atom stereocenters. The van der Waals surface area contributed by atoms with Crippen molar-refractivity contribution in [2.24, 2.45) is 5.41 Å². The molecule has 1 N–H and O–H groups in total. The predicted molar refractivity (Wildman–Crippen MR) is 153 cm³/mol. The average Bonchev–Trinajstić information content (AvgIpc) is 3.72. The monoisotopic (exact) mass is 578 g/mol. The van der Waals surface area contributed by atoms with E-state index in [-0.39, 0.29) is 18.9 Å². The van der Waals surface area contributed by atoms with E-state index in [4.69, 9.17) is 4.98 Å². The summed E-state index contributed by atoms with van der Waals surface area (Å²) in [7, 11) is 3.88. The summed E-state index contributed by atoms with van der Waals surface area (Å²) in [5.74, 6) is 0.859. The molecule has 0 radical (unpaired) electrons. The molecule has 0 bridgehead atoms. The molecule has 0 spiro atoms. The number of piperazine rings is 1. The minimum Gasteiger partial charge on any atom is -0.363 e. The van der Waals surface area contributed by atoms with Crippen LogP contribution in [0.1, 0.15) is 42.9 Å². The molecule has 2 aliphatic rings. The lowest BCUT2D eigenvalue weighted by molar-refractivity contribution is -0.199. The van der Waals surface area contributed by atoms with Crippen LogP contribution in [0.5, 0.6) is 0 Å². The number of alkyl halides is 3. The first-order chi connectivity index (χ1) is 20.0. The summed E-state index contributed by atoms with van der Waals surface area (Å²) in [6, 6.07) is 12.0. The fraction of sp³-hybridized carbons (Fsp3) is 0.433. The van der Waals surface area contributed by atoms with Gasteiger partial charge in [0.15, 0.2) is 0 Å². The predicted octanol–water partition coefficient (Wildman–Crippen LogP) is 4.62. The summed E-state index contributed by atoms with van der Waals surface area (Å²) in [6.45, 7) is 3.71. The van der Waals surface area contributed by atoms with Crippen molar-refractivity contribution in [3.8, 4) is 11.3 Å². The summed E-state index contributed by atoms with van der Waals surface area (Å²) in [5.41, 5.74) is 3.32. The van der Waals surface area contributed by atoms with Gasteiger partial charge in [-0.15, -0.1) is 0 Å². The lowest BCUT2D eigenvalue weighted by atomic mass is 10.0. The van der Waals surface area contributed by atoms with Crippen molar-refractivity contribution < 1.29 is 18.0 Å². The number of imidazole rings is 1. The van der Waals surface area contributed by atoms with Gasteiger partial charge in [0.05, 0.1) is 16.7 Å². The number of amides is 1. The Morgan fingerprint density at radius 2 is 1.81 bits per heavy atom. The van der Waals surface area contributed by atoms with Crippen LogP contribution in [0, 0.1) is 5.41 Å². The van der Waals surface area contributed by atoms with Crippen molar-refractivity contribution in [3.05, 3.63) is 66.0 Å². The number of aromatic nitrogens is 5. The Morgan fingerprint density at radius 3 is 2.50 bits per heavy atom. The molecule has 3 aromatic heterocycles. The van der Waals surface area contributed by atoms with E-state index < -0.39 is 17.5 Å². The Labute approximate surface area is 241 Å². The maximum atomic E-state index is 13.4. The molecular formula is C30H33F3N8O. The number of H-pyrrole nitrogens is 1. The third-order valence-corrected chi connectivity index (χ3v) is 8.46. The van der Waals surface area contributed by atoms with Gasteiger partial charge in [-0.2, -0.15) is 13.2 Å². The average molecular weight is 579 g/mol. The Morgan fingerprint density at radius 1 is 1.05 bits per heavy atom. The van der Waals surface area contributed by atoms with E-state index in [0.29, 0.717) is 32.6 Å². The molecule has 1 saturated carbocycles. The fourth-order valence-corrected chi connectivity index (χ4v) is 5.65. The second-order valence-corrected chi connectivity index (χ2v) is 11.4. The number of pyridine rings is 1. The number of aromatic amines is 1. The number of anilines is 1. The molecular weight excluding hydrogens is 545 g/mol. The molecule has 6 rings (SSSR count). The van der Waals surface area contributed by atoms with Gasteiger partial charge in [0.25, 0.3) is 0 Å². The molecule has 2 fully saturated rings. The zero-order valence-corrected chi connectivity index (χ0v) is 23.8. The van der Waals surface area contributed by atoms with Crippen LogP contribution in [0.4, 0.5) is 19.0 Å². The van der Waals surface area contributed by atoms with Crippen molar-refractivity contribution in [3.63, 3.8) is 0 Å². The van der Waals surface area contributed by atoms with Crippen LogP contribution >= 0.6 is 0 Å². The maximum Gasteiger partial charge on any atom is 0.403 e. The smallest absolute Gasteiger partial charge is 0.363 e. The van der Waals surface area contributed by atoms with Crippen LogP contribution in [-0.2, 0) is 11.2 Å². The third-order valence-electron chi connectivity index (χ3n) is 8.46. The Bertz CT molecular complexity index is 1610. The second kappa shape index (κ2) is 10.6. The summed E-state index contributed by atoms with van der Waals surface area (Å²) in [5, 5.41) is 0. The normalized spacial score (nSPS) is 17.8. The van der Waals surface area contributed by atoms with Crippen LogP contribution < -0.4 is 4.90 Å². The number of rotatable bonds is 7. The van der Waals surface area contributed by atoms with Crippen molar-refractivity contribution in [1.29, 1.82) is 0 Å². The molecule has 1 amide bonds. The maximum absolute atomic E-state index is 13.4. The topological polar surface area (TPSA) is 94.1 Å². The number of carbonyl (C=O) groups is 1. The van der Waals surface area contributed by atoms with Crippen molar-refractivity contribution in [2.75, 3.05) is 45.2 Å². The van der Waals surface area contributed by atoms with E-state index in [1.807, 2.05) is 55.4 Å². The number of nitrogens with zero attached hydrogens (tertiary/aromatic N) is 7. The Hall–Kier alpha value is -4.06. The molecule has 4 heterocycles. The lowest BCUT2D eigenvalue weighted by Gasteiger charge is -2.39. The van der Waals surface area contributed by atoms with Crippen LogP contribution in [0.25, 0.3) is 22.3 Å². The third kappa shape index (κ3) is 5.31. The molecule has 220 valence electrons. The van der Waals surface area contributed by atoms with Gasteiger partial charge < -0.3 is 14.8 Å². The van der Waals surface area contributed by atoms with E-state index in [1.165, 1.54) is 4.90 Å². The van der Waals surface area contributed by atoms with Gasteiger partial charge in [0, 0.05) is 76.3 Å². The van der Waals surface area contributed by atoms with Gasteiger partial charge in [-0.05, 0) is 49.6 Å². The van der Waals surface area contributed by atoms with Crippen LogP contribution in [0.2, 0.25) is 0 Å². The standard InChI is InChI=1S/C30H33F3N8O/c1-19(40-10-12-41(13-11-40)28(42)29(7-8-29)30(31,32)33)20-6-9-34-22(14-20)16-26-37-23-5-4-21(15-25(23)38-26)24-17-27(39(2)3)36-18-35-24/h4-6,9,14-15,17-19H,7-8,10-13,16H2,1-3H3,(H,37,38). The highest BCUT2D eigenvalue weighted by Crippen LogP contribution is 2.58. The highest BCUT2D eigenvalue weighted by atomic mass is 19.4. The Balaban J connectivity index is 1.11. The number of hydrogen-bond donors (Lipinski definition) is 1. The van der Waals surface area contributed by atoms with Crippen LogP contribution in [0.3, 0.4) is 0 Å². The Kier molecular flexibility index (Phi) is 7.12. The highest BCUT2D eigenvalue weighted by Gasteiger charge is 2.69. The first-order valence-electron chi connectivity index (χ1n) is 14.1. The SMILES string of the molecule is CC(c1ccnc(Cc2nc3ccc(-c4cc(N(C)C)ncn4)cc3[nH]2)c1)N1CCN(C(=O)C2(C(F)(F)F)CC2)CC1. The van der Waals surface area contributed by atoms with E-state index in [0.717, 1.165) is 45.2 Å². The molecule has 9 nitrogen and oxygen atoms in total. The fourth-order valence-electron chi connectivity index (χ4n) is 5.65. The summed E-state index contributed by atoms with van der Waals surface area (Å²) in [6.07, 6.45) is -0.820. The quantitative estimate of drug-likeness (QED) is 0.342. The zero-order valence-electron chi connectivity index (χ0n) is 23.8. The first-order valence-corrected chi connectivity index (χ1v) is 14.1. The molecule has 12 heteroatoms. The van der Waals surface area contributed by atoms with E-state index >= 15 is 0 Å². The van der Waals surface area contributed by atoms with Gasteiger partial charge >= 0.3 is 6.18 Å². The number of halogens is 3. The minimum atomic E-state index is -4.48. The highest BCUT2D eigenvalue weighted by molar-refractivity contribution is 5.86. The summed E-state index contributed by atoms with van der Waals surface area (Å²) < 4.78 is 40.3. The van der Waals surface area contributed by atoms with Crippen LogP contribution in [-0.4, -0.2) is 87.1 Å². The summed E-state index contributed by atoms with van der Waals surface area (Å²) in [4.78, 5) is 39.6. The number of hydrogen-bond acceptors (Lipinski definition) is 7. The molecule has 1 aliphatic carbocycles.